The van der Waals surface area contributed by atoms with Crippen LogP contribution in [0.3, 0.4) is 0 Å². The highest BCUT2D eigenvalue weighted by Crippen LogP contribution is 2.38. The Balaban J connectivity index is 3.80. The minimum atomic E-state index is -4.51. The van der Waals surface area contributed by atoms with E-state index >= 15 is 0 Å². The van der Waals surface area contributed by atoms with Crippen LogP contribution in [0.4, 0.5) is 0 Å². The Bertz CT molecular complexity index is 632. The summed E-state index contributed by atoms with van der Waals surface area (Å²) in [6, 6.07) is 0. The largest absolute Gasteiger partial charge is 0.756 e. The lowest BCUT2D eigenvalue weighted by Gasteiger charge is -2.28. The zero-order valence-electron chi connectivity index (χ0n) is 22.5. The topological polar surface area (TPSA) is 105 Å². The zero-order chi connectivity index (χ0) is 26.4. The number of nitrogens with zero attached hydrogens (tertiary/aromatic N) is 1. The molecule has 0 aromatic heterocycles. The molecule has 9 heteroatoms. The van der Waals surface area contributed by atoms with Gasteiger partial charge in [-0.15, -0.1) is 0 Å². The van der Waals surface area contributed by atoms with E-state index < -0.39 is 33.1 Å². The van der Waals surface area contributed by atoms with Gasteiger partial charge in [0.2, 0.25) is 0 Å². The number of aliphatic hydroxyl groups is 1. The second-order valence-electron chi connectivity index (χ2n) is 9.87. The highest BCUT2D eigenvalue weighted by molar-refractivity contribution is 7.45. The average Bonchev–Trinajstić information content (AvgIpc) is 2.78. The first-order chi connectivity index (χ1) is 16.6. The Morgan fingerprint density at radius 1 is 0.943 bits per heavy atom. The summed E-state index contributed by atoms with van der Waals surface area (Å²) in [7, 11) is 1.22. The van der Waals surface area contributed by atoms with E-state index in [0.29, 0.717) is 17.4 Å². The van der Waals surface area contributed by atoms with Crippen molar-refractivity contribution in [3.63, 3.8) is 0 Å². The monoisotopic (exact) mass is 519 g/mol. The number of rotatable bonds is 23. The lowest BCUT2D eigenvalue weighted by Crippen LogP contribution is -2.37. The second-order valence-corrected chi connectivity index (χ2v) is 11.3. The van der Waals surface area contributed by atoms with Crippen molar-refractivity contribution in [3.8, 4) is 0 Å². The molecule has 1 N–H and O–H groups in total. The minimum Gasteiger partial charge on any atom is -0.756 e. The van der Waals surface area contributed by atoms with E-state index in [1.165, 1.54) is 25.7 Å². The third kappa shape index (κ3) is 24.5. The molecule has 0 bridgehead atoms. The maximum atomic E-state index is 12.0. The number of esters is 1. The van der Waals surface area contributed by atoms with Crippen LogP contribution in [0, 0.1) is 0 Å². The number of carbonyl (C=O) groups is 1. The number of quaternary nitrogens is 1. The molecule has 0 radical (unpaired) electrons. The van der Waals surface area contributed by atoms with Crippen molar-refractivity contribution in [1.29, 1.82) is 0 Å². The summed E-state index contributed by atoms with van der Waals surface area (Å²) < 4.78 is 27.0. The molecule has 0 heterocycles. The van der Waals surface area contributed by atoms with Gasteiger partial charge in [0, 0.05) is 6.42 Å². The highest BCUT2D eigenvalue weighted by Gasteiger charge is 2.19. The normalized spacial score (nSPS) is 15.0. The van der Waals surface area contributed by atoms with E-state index in [1.54, 1.807) is 0 Å². The first-order valence-electron chi connectivity index (χ1n) is 13.1. The molecule has 0 aromatic rings. The fraction of sp³-hybridized carbons (Fsp3) is 0.808. The number of hydrogen-bond donors (Lipinski definition) is 1. The minimum absolute atomic E-state index is 0.0132. The maximum absolute atomic E-state index is 12.0. The Hall–Kier alpha value is -1.02. The molecular weight excluding hydrogens is 469 g/mol. The number of carbonyl (C=O) groups excluding carboxylic acids is 1. The van der Waals surface area contributed by atoms with E-state index in [2.05, 4.69) is 31.2 Å². The van der Waals surface area contributed by atoms with E-state index in [-0.39, 0.29) is 13.0 Å². The standard InChI is InChI=1S/C26H50NO7P/c1-5-6-7-8-9-10-11-12-13-14-15-16-17-18-19-20-26(29)34-25(23-28)24-33-35(30,31)32-22-21-27(2,3)4/h9-10,12-13,25,28H,5-8,11,14-24H2,1-4H3/b10-9-,13-12-/t25-/m0/s1. The van der Waals surface area contributed by atoms with Crippen LogP contribution in [0.1, 0.15) is 84.0 Å². The molecule has 0 aromatic carbocycles. The molecule has 8 nitrogen and oxygen atoms in total. The summed E-state index contributed by atoms with van der Waals surface area (Å²) in [5.74, 6) is -0.468. The molecule has 0 spiro atoms. The van der Waals surface area contributed by atoms with Gasteiger partial charge in [-0.2, -0.15) is 0 Å². The highest BCUT2D eigenvalue weighted by atomic mass is 31.2. The number of aliphatic hydroxyl groups excluding tert-OH is 1. The molecular formula is C26H50NO7P. The van der Waals surface area contributed by atoms with Crippen molar-refractivity contribution in [2.75, 3.05) is 47.5 Å². The van der Waals surface area contributed by atoms with E-state index in [9.17, 15) is 19.4 Å². The first-order valence-corrected chi connectivity index (χ1v) is 14.6. The predicted octanol–water partition coefficient (Wildman–Crippen LogP) is 4.91. The fourth-order valence-electron chi connectivity index (χ4n) is 3.09. The maximum Gasteiger partial charge on any atom is 0.306 e. The van der Waals surface area contributed by atoms with Crippen molar-refractivity contribution in [1.82, 2.24) is 0 Å². The lowest BCUT2D eigenvalue weighted by molar-refractivity contribution is -0.870. The van der Waals surface area contributed by atoms with Gasteiger partial charge >= 0.3 is 5.97 Å². The van der Waals surface area contributed by atoms with Crippen molar-refractivity contribution in [2.24, 2.45) is 0 Å². The van der Waals surface area contributed by atoms with Crippen LogP contribution in [-0.4, -0.2) is 69.2 Å². The van der Waals surface area contributed by atoms with E-state index in [1.807, 2.05) is 21.1 Å². The molecule has 0 rings (SSSR count). The average molecular weight is 520 g/mol. The number of allylic oxidation sites excluding steroid dienone is 4. The van der Waals surface area contributed by atoms with Gasteiger partial charge in [0.25, 0.3) is 7.82 Å². The molecule has 0 saturated heterocycles. The number of likely N-dealkylation sites (N-methyl/N-ethyl adjacent to an activating group) is 1. The van der Waals surface area contributed by atoms with Crippen molar-refractivity contribution in [2.45, 2.75) is 90.1 Å². The summed E-state index contributed by atoms with van der Waals surface area (Å²) in [5.41, 5.74) is 0. The van der Waals surface area contributed by atoms with Crippen molar-refractivity contribution in [3.05, 3.63) is 24.3 Å². The second kappa shape index (κ2) is 21.1. The fourth-order valence-corrected chi connectivity index (χ4v) is 3.82. The van der Waals surface area contributed by atoms with Gasteiger partial charge < -0.3 is 28.3 Å². The summed E-state index contributed by atoms with van der Waals surface area (Å²) in [6.45, 7) is 1.71. The summed E-state index contributed by atoms with van der Waals surface area (Å²) in [4.78, 5) is 23.8. The SMILES string of the molecule is CCCCC/C=C\C/C=C\CCCCCCCC(=O)O[C@@H](CO)COP(=O)([O-])OCC[N+](C)(C)C. The summed E-state index contributed by atoms with van der Waals surface area (Å²) in [6.07, 6.45) is 20.2. The predicted molar refractivity (Wildman–Crippen MR) is 139 cm³/mol. The molecule has 0 aliphatic heterocycles. The van der Waals surface area contributed by atoms with Gasteiger partial charge in [0.15, 0.2) is 0 Å². The van der Waals surface area contributed by atoms with Gasteiger partial charge in [0.1, 0.15) is 19.3 Å². The van der Waals surface area contributed by atoms with Crippen LogP contribution in [-0.2, 0) is 23.1 Å². The van der Waals surface area contributed by atoms with Gasteiger partial charge in [-0.3, -0.25) is 9.36 Å². The number of unbranched alkanes of at least 4 members (excludes halogenated alkanes) is 8. The summed E-state index contributed by atoms with van der Waals surface area (Å²) >= 11 is 0. The van der Waals surface area contributed by atoms with Gasteiger partial charge in [-0.25, -0.2) is 0 Å². The molecule has 206 valence electrons. The van der Waals surface area contributed by atoms with E-state index in [4.69, 9.17) is 13.8 Å². The Kier molecular flexibility index (Phi) is 20.5. The Labute approximate surface area is 213 Å². The molecule has 0 aliphatic rings. The number of hydrogen-bond acceptors (Lipinski definition) is 7. The number of phosphoric acid groups is 1. The molecule has 0 fully saturated rings. The van der Waals surface area contributed by atoms with Crippen molar-refractivity contribution >= 4 is 13.8 Å². The van der Waals surface area contributed by atoms with Crippen LogP contribution in [0.15, 0.2) is 24.3 Å². The van der Waals surface area contributed by atoms with Crippen LogP contribution in [0.2, 0.25) is 0 Å². The quantitative estimate of drug-likeness (QED) is 0.0672. The van der Waals surface area contributed by atoms with E-state index in [0.717, 1.165) is 38.5 Å². The van der Waals surface area contributed by atoms with Crippen LogP contribution in [0.25, 0.3) is 0 Å². The molecule has 35 heavy (non-hydrogen) atoms. The van der Waals surface area contributed by atoms with Gasteiger partial charge in [-0.1, -0.05) is 63.3 Å². The third-order valence-electron chi connectivity index (χ3n) is 5.26. The molecule has 0 saturated carbocycles. The van der Waals surface area contributed by atoms with Crippen LogP contribution >= 0.6 is 7.82 Å². The summed E-state index contributed by atoms with van der Waals surface area (Å²) in [5, 5.41) is 9.36. The van der Waals surface area contributed by atoms with Crippen LogP contribution in [0.5, 0.6) is 0 Å². The molecule has 1 unspecified atom stereocenters. The smallest absolute Gasteiger partial charge is 0.306 e. The Morgan fingerprint density at radius 2 is 1.54 bits per heavy atom. The zero-order valence-corrected chi connectivity index (χ0v) is 23.4. The molecule has 0 amide bonds. The van der Waals surface area contributed by atoms with Gasteiger partial charge in [-0.05, 0) is 38.5 Å². The van der Waals surface area contributed by atoms with Gasteiger partial charge in [0.05, 0.1) is 34.4 Å². The molecule has 2 atom stereocenters. The first kappa shape index (κ1) is 34.0. The number of phosphoric ester groups is 1. The van der Waals surface area contributed by atoms with Crippen molar-refractivity contribution < 1.29 is 37.6 Å². The number of ether oxygens (including phenoxy) is 1. The molecule has 0 aliphatic carbocycles. The van der Waals surface area contributed by atoms with Crippen LogP contribution < -0.4 is 4.89 Å². The lowest BCUT2D eigenvalue weighted by atomic mass is 10.1. The Morgan fingerprint density at radius 3 is 2.14 bits per heavy atom. The third-order valence-corrected chi connectivity index (χ3v) is 6.23.